The molecule has 8 nitrogen and oxygen atoms in total. The summed E-state index contributed by atoms with van der Waals surface area (Å²) in [6.07, 6.45) is -15.9. The summed E-state index contributed by atoms with van der Waals surface area (Å²) < 4.78 is 170. The standard InChI is InChI=1S/C17H21F10NO7S/c1-9(15(20,21)22)10(29)35-14(16(23,24)25,11(30)28-12(2,3)4)34-8-6-5-7-13(18,19)17(26,27)36(31,32)33/h1,5-8H2,2-4H3,(H,28,30)(H,31,32,33). The van der Waals surface area contributed by atoms with Gasteiger partial charge in [-0.15, -0.1) is 0 Å². The van der Waals surface area contributed by atoms with Crippen molar-refractivity contribution in [3.05, 3.63) is 12.2 Å². The van der Waals surface area contributed by atoms with Gasteiger partial charge in [0.1, 0.15) is 5.57 Å². The number of carbonyl (C=O) groups is 2. The molecule has 212 valence electrons. The van der Waals surface area contributed by atoms with Crippen molar-refractivity contribution in [2.75, 3.05) is 6.61 Å². The van der Waals surface area contributed by atoms with Crippen molar-refractivity contribution in [3.63, 3.8) is 0 Å². The van der Waals surface area contributed by atoms with Crippen LogP contribution in [0.3, 0.4) is 0 Å². The molecule has 0 heterocycles. The highest BCUT2D eigenvalue weighted by Crippen LogP contribution is 2.42. The highest BCUT2D eigenvalue weighted by atomic mass is 32.2. The van der Waals surface area contributed by atoms with Crippen molar-refractivity contribution in [2.45, 2.75) is 74.9 Å². The maximum Gasteiger partial charge on any atom is 0.466 e. The summed E-state index contributed by atoms with van der Waals surface area (Å²) in [6, 6.07) is 0. The number of esters is 1. The van der Waals surface area contributed by atoms with Gasteiger partial charge in [0, 0.05) is 12.0 Å². The highest BCUT2D eigenvalue weighted by molar-refractivity contribution is 7.87. The van der Waals surface area contributed by atoms with Crippen molar-refractivity contribution in [1.29, 1.82) is 0 Å². The Morgan fingerprint density at radius 3 is 1.75 bits per heavy atom. The van der Waals surface area contributed by atoms with Gasteiger partial charge in [-0.25, -0.2) is 4.79 Å². The summed E-state index contributed by atoms with van der Waals surface area (Å²) in [7, 11) is -6.58. The van der Waals surface area contributed by atoms with Gasteiger partial charge >= 0.3 is 51.3 Å². The lowest BCUT2D eigenvalue weighted by Gasteiger charge is -2.35. The second-order valence-corrected chi connectivity index (χ2v) is 9.65. The van der Waals surface area contributed by atoms with E-state index in [9.17, 15) is 61.9 Å². The summed E-state index contributed by atoms with van der Waals surface area (Å²) in [6.45, 7) is 4.11. The van der Waals surface area contributed by atoms with Crippen LogP contribution in [0.4, 0.5) is 43.9 Å². The molecule has 2 N–H and O–H groups in total. The Kier molecular flexibility index (Phi) is 10.0. The number of carbonyl (C=O) groups excluding carboxylic acids is 2. The Morgan fingerprint density at radius 2 is 1.39 bits per heavy atom. The lowest BCUT2D eigenvalue weighted by atomic mass is 10.1. The molecule has 0 aromatic rings. The minimum absolute atomic E-state index is 1.06. The van der Waals surface area contributed by atoms with Crippen LogP contribution in [0.5, 0.6) is 0 Å². The quantitative estimate of drug-likeness (QED) is 0.0954. The Hall–Kier alpha value is -2.15. The third-order valence-electron chi connectivity index (χ3n) is 3.93. The first-order chi connectivity index (χ1) is 15.6. The first-order valence-corrected chi connectivity index (χ1v) is 10.8. The molecule has 1 atom stereocenters. The van der Waals surface area contributed by atoms with Crippen molar-refractivity contribution in [3.8, 4) is 0 Å². The molecule has 0 aliphatic heterocycles. The number of halogens is 10. The zero-order valence-corrected chi connectivity index (χ0v) is 19.4. The SMILES string of the molecule is C=C(C(=O)OC(OCCCCC(F)(F)C(F)(F)S(=O)(=O)O)(C(=O)NC(C)(C)C)C(F)(F)F)C(F)(F)F. The number of hydrogen-bond acceptors (Lipinski definition) is 6. The second kappa shape index (κ2) is 10.7. The van der Waals surface area contributed by atoms with E-state index in [4.69, 9.17) is 4.55 Å². The van der Waals surface area contributed by atoms with E-state index in [1.165, 1.54) is 0 Å². The van der Waals surface area contributed by atoms with Gasteiger partial charge in [0.05, 0.1) is 6.61 Å². The minimum atomic E-state index is -6.58. The Balaban J connectivity index is 5.91. The summed E-state index contributed by atoms with van der Waals surface area (Å²) >= 11 is 0. The number of unbranched alkanes of at least 4 members (excludes halogenated alkanes) is 1. The molecule has 19 heteroatoms. The van der Waals surface area contributed by atoms with Gasteiger partial charge in [-0.3, -0.25) is 9.35 Å². The average Bonchev–Trinajstić information content (AvgIpc) is 2.61. The summed E-state index contributed by atoms with van der Waals surface area (Å²) in [5.74, 6) is -15.3. The fourth-order valence-corrected chi connectivity index (χ4v) is 2.62. The second-order valence-electron chi connectivity index (χ2n) is 8.19. The third-order valence-corrected chi connectivity index (χ3v) is 4.87. The number of amides is 1. The molecule has 0 aromatic heterocycles. The molecule has 0 aliphatic rings. The van der Waals surface area contributed by atoms with Crippen LogP contribution in [0.1, 0.15) is 40.0 Å². The molecule has 1 amide bonds. The van der Waals surface area contributed by atoms with Crippen LogP contribution in [0, 0.1) is 0 Å². The minimum Gasteiger partial charge on any atom is -0.412 e. The van der Waals surface area contributed by atoms with Gasteiger partial charge < -0.3 is 14.8 Å². The molecule has 0 rings (SSSR count). The molecule has 1 unspecified atom stereocenters. The molecule has 0 spiro atoms. The van der Waals surface area contributed by atoms with Crippen LogP contribution in [0.25, 0.3) is 0 Å². The molecule has 0 radical (unpaired) electrons. The van der Waals surface area contributed by atoms with Crippen LogP contribution in [-0.2, 0) is 29.2 Å². The lowest BCUT2D eigenvalue weighted by Crippen LogP contribution is -2.64. The lowest BCUT2D eigenvalue weighted by molar-refractivity contribution is -0.348. The molecular formula is C17H21F10NO7S. The van der Waals surface area contributed by atoms with Crippen molar-refractivity contribution in [1.82, 2.24) is 5.32 Å². The average molecular weight is 573 g/mol. The van der Waals surface area contributed by atoms with E-state index in [0.29, 0.717) is 0 Å². The topological polar surface area (TPSA) is 119 Å². The highest BCUT2D eigenvalue weighted by Gasteiger charge is 2.67. The Morgan fingerprint density at radius 1 is 0.917 bits per heavy atom. The monoisotopic (exact) mass is 573 g/mol. The smallest absolute Gasteiger partial charge is 0.412 e. The first kappa shape index (κ1) is 33.8. The Labute approximate surface area is 197 Å². The van der Waals surface area contributed by atoms with Gasteiger partial charge in [-0.05, 0) is 33.6 Å². The van der Waals surface area contributed by atoms with Gasteiger partial charge in [-0.2, -0.15) is 52.3 Å². The van der Waals surface area contributed by atoms with Crippen molar-refractivity contribution < 1.29 is 75.9 Å². The fraction of sp³-hybridized carbons (Fsp3) is 0.765. The molecule has 0 bridgehead atoms. The van der Waals surface area contributed by atoms with Gasteiger partial charge in [0.2, 0.25) is 0 Å². The molecular weight excluding hydrogens is 552 g/mol. The van der Waals surface area contributed by atoms with Gasteiger partial charge in [-0.1, -0.05) is 6.58 Å². The van der Waals surface area contributed by atoms with Crippen molar-refractivity contribution in [2.24, 2.45) is 0 Å². The number of hydrogen-bond donors (Lipinski definition) is 2. The summed E-state index contributed by atoms with van der Waals surface area (Å²) in [5, 5.41) is -4.30. The maximum absolute atomic E-state index is 13.8. The Bertz CT molecular complexity index is 939. The van der Waals surface area contributed by atoms with Crippen LogP contribution >= 0.6 is 0 Å². The number of rotatable bonds is 11. The zero-order chi connectivity index (χ0) is 29.2. The van der Waals surface area contributed by atoms with Gasteiger partial charge in [0.25, 0.3) is 0 Å². The third kappa shape index (κ3) is 8.19. The van der Waals surface area contributed by atoms with E-state index < -0.39 is 88.3 Å². The van der Waals surface area contributed by atoms with Crippen LogP contribution in [0.15, 0.2) is 12.2 Å². The molecule has 0 aliphatic carbocycles. The summed E-state index contributed by atoms with van der Waals surface area (Å²) in [4.78, 5) is 24.0. The molecule has 0 saturated heterocycles. The molecule has 36 heavy (non-hydrogen) atoms. The predicted octanol–water partition coefficient (Wildman–Crippen LogP) is 4.12. The first-order valence-electron chi connectivity index (χ1n) is 9.38. The summed E-state index contributed by atoms with van der Waals surface area (Å²) in [5.41, 5.74) is -3.97. The number of alkyl halides is 10. The predicted molar refractivity (Wildman–Crippen MR) is 99.2 cm³/mol. The number of nitrogens with one attached hydrogen (secondary N) is 1. The molecule has 0 aromatic carbocycles. The van der Waals surface area contributed by atoms with E-state index >= 15 is 0 Å². The van der Waals surface area contributed by atoms with E-state index in [0.717, 1.165) is 20.8 Å². The van der Waals surface area contributed by atoms with E-state index in [-0.39, 0.29) is 0 Å². The van der Waals surface area contributed by atoms with Crippen LogP contribution in [0.2, 0.25) is 0 Å². The van der Waals surface area contributed by atoms with E-state index in [1.807, 2.05) is 0 Å². The maximum atomic E-state index is 13.8. The van der Waals surface area contributed by atoms with E-state index in [2.05, 4.69) is 16.1 Å². The van der Waals surface area contributed by atoms with E-state index in [1.54, 1.807) is 5.32 Å². The largest absolute Gasteiger partial charge is 0.466 e. The number of ether oxygens (including phenoxy) is 2. The zero-order valence-electron chi connectivity index (χ0n) is 18.6. The van der Waals surface area contributed by atoms with Crippen LogP contribution < -0.4 is 5.32 Å². The van der Waals surface area contributed by atoms with Gasteiger partial charge in [0.15, 0.2) is 0 Å². The fourth-order valence-electron chi connectivity index (χ4n) is 2.14. The normalized spacial score (nSPS) is 15.7. The van der Waals surface area contributed by atoms with Crippen LogP contribution in [-0.4, -0.2) is 66.3 Å². The molecule has 0 saturated carbocycles. The van der Waals surface area contributed by atoms with Crippen molar-refractivity contribution >= 4 is 22.0 Å². The molecule has 0 fully saturated rings.